The van der Waals surface area contributed by atoms with Crippen molar-refractivity contribution in [3.05, 3.63) is 12.7 Å². The van der Waals surface area contributed by atoms with Crippen molar-refractivity contribution >= 4 is 11.9 Å². The maximum Gasteiger partial charge on any atom is 0.328 e. The van der Waals surface area contributed by atoms with Gasteiger partial charge in [0.15, 0.2) is 0 Å². The van der Waals surface area contributed by atoms with Crippen molar-refractivity contribution in [2.75, 3.05) is 7.11 Å². The van der Waals surface area contributed by atoms with Crippen LogP contribution in [0.2, 0.25) is 0 Å². The average Bonchev–Trinajstić information content (AvgIpc) is 2.79. The van der Waals surface area contributed by atoms with Crippen molar-refractivity contribution in [3.63, 3.8) is 0 Å². The summed E-state index contributed by atoms with van der Waals surface area (Å²) in [5, 5.41) is 6.45. The molecule has 100 valence electrons. The first-order chi connectivity index (χ1) is 8.52. The Kier molecular flexibility index (Phi) is 5.29. The van der Waals surface area contributed by atoms with E-state index in [-0.39, 0.29) is 18.4 Å². The number of carbonyl (C=O) groups excluding carboxylic acids is 2. The lowest BCUT2D eigenvalue weighted by Crippen LogP contribution is -2.43. The number of ether oxygens (including phenoxy) is 1. The smallest absolute Gasteiger partial charge is 0.328 e. The highest BCUT2D eigenvalue weighted by Crippen LogP contribution is 2.06. The normalized spacial score (nSPS) is 12.2. The molecule has 1 aromatic rings. The van der Waals surface area contributed by atoms with Crippen molar-refractivity contribution in [2.45, 2.75) is 32.9 Å². The molecule has 1 heterocycles. The van der Waals surface area contributed by atoms with Gasteiger partial charge in [-0.25, -0.2) is 14.5 Å². The first kappa shape index (κ1) is 14.1. The summed E-state index contributed by atoms with van der Waals surface area (Å²) in [5.74, 6) is -0.451. The Bertz CT molecular complexity index is 389. The molecule has 7 heteroatoms. The molecule has 1 aromatic heterocycles. The number of methoxy groups -OCH3 is 1. The summed E-state index contributed by atoms with van der Waals surface area (Å²) in [7, 11) is 1.30. The molecule has 0 bridgehead atoms. The molecule has 0 fully saturated rings. The minimum Gasteiger partial charge on any atom is -0.467 e. The topological polar surface area (TPSA) is 86.1 Å². The van der Waals surface area contributed by atoms with Gasteiger partial charge >= 0.3 is 5.97 Å². The quantitative estimate of drug-likeness (QED) is 0.721. The molecule has 1 unspecified atom stereocenters. The van der Waals surface area contributed by atoms with Crippen LogP contribution in [0.3, 0.4) is 0 Å². The summed E-state index contributed by atoms with van der Waals surface area (Å²) in [6.07, 6.45) is 3.32. The first-order valence-electron chi connectivity index (χ1n) is 5.72. The Labute approximate surface area is 106 Å². The number of esters is 1. The minimum absolute atomic E-state index is 0.0333. The lowest BCUT2D eigenvalue weighted by molar-refractivity contribution is -0.145. The zero-order valence-electron chi connectivity index (χ0n) is 10.8. The van der Waals surface area contributed by atoms with E-state index < -0.39 is 12.0 Å². The number of nitrogens with zero attached hydrogens (tertiary/aromatic N) is 3. The molecule has 0 spiro atoms. The van der Waals surface area contributed by atoms with Crippen LogP contribution in [0.4, 0.5) is 0 Å². The summed E-state index contributed by atoms with van der Waals surface area (Å²) in [4.78, 5) is 27.0. The fourth-order valence-corrected chi connectivity index (χ4v) is 1.53. The Morgan fingerprint density at radius 3 is 2.67 bits per heavy atom. The van der Waals surface area contributed by atoms with Gasteiger partial charge in [0, 0.05) is 0 Å². The second-order valence-corrected chi connectivity index (χ2v) is 4.37. The molecule has 0 aliphatic heterocycles. The van der Waals surface area contributed by atoms with E-state index in [1.54, 1.807) is 0 Å². The number of rotatable bonds is 6. The number of hydrogen-bond acceptors (Lipinski definition) is 5. The largest absolute Gasteiger partial charge is 0.467 e. The van der Waals surface area contributed by atoms with Gasteiger partial charge < -0.3 is 10.1 Å². The Balaban J connectivity index is 2.54. The molecule has 0 aliphatic carbocycles. The van der Waals surface area contributed by atoms with E-state index in [0.717, 1.165) is 0 Å². The van der Waals surface area contributed by atoms with E-state index in [1.165, 1.54) is 24.4 Å². The number of hydrogen-bond donors (Lipinski definition) is 1. The van der Waals surface area contributed by atoms with E-state index >= 15 is 0 Å². The molecular weight excluding hydrogens is 236 g/mol. The second-order valence-electron chi connectivity index (χ2n) is 4.37. The number of amides is 1. The average molecular weight is 254 g/mol. The van der Waals surface area contributed by atoms with Crippen molar-refractivity contribution in [1.29, 1.82) is 0 Å². The fourth-order valence-electron chi connectivity index (χ4n) is 1.53. The number of nitrogens with one attached hydrogen (secondary N) is 1. The van der Waals surface area contributed by atoms with Gasteiger partial charge in [-0.3, -0.25) is 4.79 Å². The van der Waals surface area contributed by atoms with E-state index in [2.05, 4.69) is 20.1 Å². The van der Waals surface area contributed by atoms with Crippen LogP contribution in [-0.2, 0) is 20.9 Å². The van der Waals surface area contributed by atoms with E-state index in [9.17, 15) is 9.59 Å². The van der Waals surface area contributed by atoms with Crippen molar-refractivity contribution in [1.82, 2.24) is 20.1 Å². The summed E-state index contributed by atoms with van der Waals surface area (Å²) < 4.78 is 6.05. The van der Waals surface area contributed by atoms with Crippen LogP contribution in [0.1, 0.15) is 20.3 Å². The van der Waals surface area contributed by atoms with Gasteiger partial charge in [-0.15, -0.1) is 0 Å². The molecule has 0 aromatic carbocycles. The molecule has 1 atom stereocenters. The monoisotopic (exact) mass is 254 g/mol. The van der Waals surface area contributed by atoms with Crippen LogP contribution in [0.25, 0.3) is 0 Å². The second kappa shape index (κ2) is 6.73. The molecule has 1 N–H and O–H groups in total. The van der Waals surface area contributed by atoms with E-state index in [4.69, 9.17) is 0 Å². The SMILES string of the molecule is COC(=O)C(CC(C)C)NC(=O)Cn1cncn1. The molecule has 0 saturated heterocycles. The molecule has 18 heavy (non-hydrogen) atoms. The molecular formula is C11H18N4O3. The van der Waals surface area contributed by atoms with Gasteiger partial charge in [0.1, 0.15) is 25.2 Å². The standard InChI is InChI=1S/C11H18N4O3/c1-8(2)4-9(11(17)18-3)14-10(16)5-15-7-12-6-13-15/h6-9H,4-5H2,1-3H3,(H,14,16). The van der Waals surface area contributed by atoms with Crippen molar-refractivity contribution < 1.29 is 14.3 Å². The zero-order valence-corrected chi connectivity index (χ0v) is 10.8. The van der Waals surface area contributed by atoms with Gasteiger partial charge in [0.25, 0.3) is 0 Å². The zero-order chi connectivity index (χ0) is 13.5. The highest BCUT2D eigenvalue weighted by atomic mass is 16.5. The van der Waals surface area contributed by atoms with Crippen LogP contribution < -0.4 is 5.32 Å². The summed E-state index contributed by atoms with van der Waals surface area (Å²) in [5.41, 5.74) is 0. The summed E-state index contributed by atoms with van der Waals surface area (Å²) >= 11 is 0. The Morgan fingerprint density at radius 2 is 2.17 bits per heavy atom. The predicted octanol–water partition coefficient (Wildman–Crippen LogP) is -0.0180. The Hall–Kier alpha value is -1.92. The Morgan fingerprint density at radius 1 is 1.44 bits per heavy atom. The van der Waals surface area contributed by atoms with E-state index in [0.29, 0.717) is 6.42 Å². The van der Waals surface area contributed by atoms with Crippen molar-refractivity contribution in [2.24, 2.45) is 5.92 Å². The first-order valence-corrected chi connectivity index (χ1v) is 5.72. The summed E-state index contributed by atoms with van der Waals surface area (Å²) in [6, 6.07) is -0.619. The molecule has 1 amide bonds. The predicted molar refractivity (Wildman–Crippen MR) is 63.4 cm³/mol. The third-order valence-corrected chi connectivity index (χ3v) is 2.30. The minimum atomic E-state index is -0.619. The van der Waals surface area contributed by atoms with Crippen LogP contribution in [0.5, 0.6) is 0 Å². The fraction of sp³-hybridized carbons (Fsp3) is 0.636. The lowest BCUT2D eigenvalue weighted by Gasteiger charge is -2.18. The van der Waals surface area contributed by atoms with Gasteiger partial charge in [-0.1, -0.05) is 13.8 Å². The molecule has 0 saturated carbocycles. The highest BCUT2D eigenvalue weighted by molar-refractivity contribution is 5.84. The highest BCUT2D eigenvalue weighted by Gasteiger charge is 2.22. The molecule has 7 nitrogen and oxygen atoms in total. The number of carbonyl (C=O) groups is 2. The van der Waals surface area contributed by atoms with Gasteiger partial charge in [-0.05, 0) is 12.3 Å². The van der Waals surface area contributed by atoms with Crippen LogP contribution in [0.15, 0.2) is 12.7 Å². The van der Waals surface area contributed by atoms with Gasteiger partial charge in [0.2, 0.25) is 5.91 Å². The third kappa shape index (κ3) is 4.52. The lowest BCUT2D eigenvalue weighted by atomic mass is 10.0. The van der Waals surface area contributed by atoms with Gasteiger partial charge in [0.05, 0.1) is 7.11 Å². The number of aromatic nitrogens is 3. The molecule has 1 rings (SSSR count). The van der Waals surface area contributed by atoms with Crippen molar-refractivity contribution in [3.8, 4) is 0 Å². The van der Waals surface area contributed by atoms with Crippen LogP contribution >= 0.6 is 0 Å². The summed E-state index contributed by atoms with van der Waals surface area (Å²) in [6.45, 7) is 3.98. The maximum absolute atomic E-state index is 11.7. The maximum atomic E-state index is 11.7. The van der Waals surface area contributed by atoms with Crippen LogP contribution in [-0.4, -0.2) is 39.8 Å². The van der Waals surface area contributed by atoms with E-state index in [1.807, 2.05) is 13.8 Å². The molecule has 0 radical (unpaired) electrons. The third-order valence-electron chi connectivity index (χ3n) is 2.30. The van der Waals surface area contributed by atoms with Crippen LogP contribution in [0, 0.1) is 5.92 Å². The molecule has 0 aliphatic rings. The van der Waals surface area contributed by atoms with Gasteiger partial charge in [-0.2, -0.15) is 5.10 Å².